The number of phenolic OH excluding ortho intramolecular Hbond substituents is 1. The summed E-state index contributed by atoms with van der Waals surface area (Å²) in [5.74, 6) is -1.35. The molecule has 0 aliphatic carbocycles. The Labute approximate surface area is 90.6 Å². The van der Waals surface area contributed by atoms with E-state index < -0.39 is 24.0 Å². The van der Waals surface area contributed by atoms with Crippen molar-refractivity contribution in [2.45, 2.75) is 12.5 Å². The summed E-state index contributed by atoms with van der Waals surface area (Å²) >= 11 is 2.95. The number of phenols is 1. The van der Waals surface area contributed by atoms with Gasteiger partial charge in [-0.2, -0.15) is 17.6 Å². The highest BCUT2D eigenvalue weighted by Gasteiger charge is 2.44. The van der Waals surface area contributed by atoms with Gasteiger partial charge < -0.3 is 9.84 Å². The van der Waals surface area contributed by atoms with E-state index in [1.807, 2.05) is 0 Å². The smallest absolute Gasteiger partial charge is 0.461 e. The van der Waals surface area contributed by atoms with Gasteiger partial charge in [-0.3, -0.25) is 0 Å². The van der Waals surface area contributed by atoms with Crippen LogP contribution in [0.15, 0.2) is 22.7 Å². The van der Waals surface area contributed by atoms with Crippen LogP contribution >= 0.6 is 15.9 Å². The predicted octanol–water partition coefficient (Wildman–Crippen LogP) is 3.39. The van der Waals surface area contributed by atoms with Crippen LogP contribution in [-0.4, -0.2) is 17.6 Å². The molecule has 15 heavy (non-hydrogen) atoms. The van der Waals surface area contributed by atoms with E-state index >= 15 is 0 Å². The highest BCUT2D eigenvalue weighted by molar-refractivity contribution is 9.10. The molecule has 2 nitrogen and oxygen atoms in total. The summed E-state index contributed by atoms with van der Waals surface area (Å²) in [5, 5.41) is 9.10. The van der Waals surface area contributed by atoms with Gasteiger partial charge in [0.25, 0.3) is 0 Å². The SMILES string of the molecule is Oc1cc(Br)ccc1OC(F)(F)C(F)F. The number of hydrogen-bond acceptors (Lipinski definition) is 2. The summed E-state index contributed by atoms with van der Waals surface area (Å²) in [6, 6.07) is 3.28. The van der Waals surface area contributed by atoms with Gasteiger partial charge in [-0.15, -0.1) is 0 Å². The maximum absolute atomic E-state index is 12.4. The summed E-state index contributed by atoms with van der Waals surface area (Å²) in [4.78, 5) is 0. The molecule has 1 aromatic carbocycles. The fourth-order valence-corrected chi connectivity index (χ4v) is 1.12. The lowest BCUT2D eigenvalue weighted by molar-refractivity contribution is -0.253. The number of aromatic hydroxyl groups is 1. The molecule has 1 rings (SSSR count). The fourth-order valence-electron chi connectivity index (χ4n) is 0.768. The minimum absolute atomic E-state index is 0.410. The van der Waals surface area contributed by atoms with Crippen LogP contribution in [0.5, 0.6) is 11.5 Å². The number of alkyl halides is 4. The molecule has 0 spiro atoms. The average Bonchev–Trinajstić information content (AvgIpc) is 2.09. The molecule has 0 aromatic heterocycles. The van der Waals surface area contributed by atoms with Crippen molar-refractivity contribution in [1.29, 1.82) is 0 Å². The van der Waals surface area contributed by atoms with Gasteiger partial charge in [-0.05, 0) is 18.2 Å². The highest BCUT2D eigenvalue weighted by Crippen LogP contribution is 2.34. The lowest BCUT2D eigenvalue weighted by atomic mass is 10.3. The normalized spacial score (nSPS) is 11.9. The summed E-state index contributed by atoms with van der Waals surface area (Å²) in [6.45, 7) is 0. The van der Waals surface area contributed by atoms with E-state index in [-0.39, 0.29) is 0 Å². The Bertz CT molecular complexity index is 356. The quantitative estimate of drug-likeness (QED) is 0.864. The van der Waals surface area contributed by atoms with Crippen molar-refractivity contribution in [2.24, 2.45) is 0 Å². The first kappa shape index (κ1) is 12.1. The van der Waals surface area contributed by atoms with Crippen LogP contribution in [0, 0.1) is 0 Å². The van der Waals surface area contributed by atoms with E-state index in [1.165, 1.54) is 6.07 Å². The molecule has 1 aromatic rings. The van der Waals surface area contributed by atoms with Crippen LogP contribution < -0.4 is 4.74 Å². The Hall–Kier alpha value is -0.980. The van der Waals surface area contributed by atoms with Crippen molar-refractivity contribution in [3.05, 3.63) is 22.7 Å². The number of hydrogen-bond donors (Lipinski definition) is 1. The minimum atomic E-state index is -4.62. The number of rotatable bonds is 3. The predicted molar refractivity (Wildman–Crippen MR) is 47.4 cm³/mol. The van der Waals surface area contributed by atoms with Gasteiger partial charge in [-0.1, -0.05) is 15.9 Å². The van der Waals surface area contributed by atoms with Crippen LogP contribution in [0.1, 0.15) is 0 Å². The van der Waals surface area contributed by atoms with Gasteiger partial charge in [0.1, 0.15) is 0 Å². The minimum Gasteiger partial charge on any atom is -0.504 e. The molecule has 0 amide bonds. The van der Waals surface area contributed by atoms with Crippen LogP contribution in [0.4, 0.5) is 17.6 Å². The van der Waals surface area contributed by atoms with Crippen LogP contribution in [0.3, 0.4) is 0 Å². The third-order valence-corrected chi connectivity index (χ3v) is 1.91. The second kappa shape index (κ2) is 4.26. The first-order chi connectivity index (χ1) is 6.83. The first-order valence-electron chi connectivity index (χ1n) is 3.66. The van der Waals surface area contributed by atoms with Crippen LogP contribution in [0.25, 0.3) is 0 Å². The summed E-state index contributed by atoms with van der Waals surface area (Å²) < 4.78 is 52.4. The molecule has 0 atom stereocenters. The van der Waals surface area contributed by atoms with Gasteiger partial charge in [0.2, 0.25) is 0 Å². The molecular weight excluding hydrogens is 284 g/mol. The van der Waals surface area contributed by atoms with Gasteiger partial charge >= 0.3 is 12.5 Å². The molecule has 0 saturated heterocycles. The standard InChI is InChI=1S/C8H5BrF4O2/c9-4-1-2-6(5(14)3-4)15-8(12,13)7(10)11/h1-3,7,14H. The Morgan fingerprint density at radius 3 is 2.40 bits per heavy atom. The second-order valence-corrected chi connectivity index (χ2v) is 3.49. The lowest BCUT2D eigenvalue weighted by Gasteiger charge is -2.17. The first-order valence-corrected chi connectivity index (χ1v) is 4.45. The molecule has 0 radical (unpaired) electrons. The summed E-state index contributed by atoms with van der Waals surface area (Å²) in [5.41, 5.74) is 0. The van der Waals surface area contributed by atoms with Crippen LogP contribution in [0.2, 0.25) is 0 Å². The molecule has 1 N–H and O–H groups in total. The third-order valence-electron chi connectivity index (χ3n) is 1.42. The number of ether oxygens (including phenoxy) is 1. The summed E-state index contributed by atoms with van der Waals surface area (Å²) in [6.07, 6.45) is -8.58. The molecule has 84 valence electrons. The molecule has 0 heterocycles. The maximum Gasteiger partial charge on any atom is 0.461 e. The highest BCUT2D eigenvalue weighted by atomic mass is 79.9. The van der Waals surface area contributed by atoms with Gasteiger partial charge in [0, 0.05) is 4.47 Å². The molecule has 0 bridgehead atoms. The Morgan fingerprint density at radius 1 is 1.33 bits per heavy atom. The van der Waals surface area contributed by atoms with Crippen LogP contribution in [-0.2, 0) is 0 Å². The molecule has 0 aliphatic rings. The number of halogens is 5. The van der Waals surface area contributed by atoms with E-state index in [1.54, 1.807) is 0 Å². The average molecular weight is 289 g/mol. The molecular formula is C8H5BrF4O2. The molecule has 0 aliphatic heterocycles. The van der Waals surface area contributed by atoms with E-state index in [2.05, 4.69) is 20.7 Å². The lowest BCUT2D eigenvalue weighted by Crippen LogP contribution is -2.33. The fraction of sp³-hybridized carbons (Fsp3) is 0.250. The van der Waals surface area contributed by atoms with Crippen molar-refractivity contribution in [1.82, 2.24) is 0 Å². The van der Waals surface area contributed by atoms with E-state index in [0.29, 0.717) is 4.47 Å². The zero-order valence-electron chi connectivity index (χ0n) is 7.05. The van der Waals surface area contributed by atoms with E-state index in [0.717, 1.165) is 12.1 Å². The van der Waals surface area contributed by atoms with Crippen molar-refractivity contribution in [2.75, 3.05) is 0 Å². The zero-order valence-corrected chi connectivity index (χ0v) is 8.64. The Kier molecular flexibility index (Phi) is 3.43. The van der Waals surface area contributed by atoms with Crippen molar-refractivity contribution in [3.8, 4) is 11.5 Å². The Balaban J connectivity index is 2.90. The second-order valence-electron chi connectivity index (χ2n) is 2.58. The molecule has 0 saturated carbocycles. The van der Waals surface area contributed by atoms with Gasteiger partial charge in [0.15, 0.2) is 11.5 Å². The Morgan fingerprint density at radius 2 is 1.93 bits per heavy atom. The van der Waals surface area contributed by atoms with Gasteiger partial charge in [0.05, 0.1) is 0 Å². The third kappa shape index (κ3) is 2.98. The topological polar surface area (TPSA) is 29.5 Å². The molecule has 0 unspecified atom stereocenters. The molecule has 0 fully saturated rings. The monoisotopic (exact) mass is 288 g/mol. The maximum atomic E-state index is 12.4. The van der Waals surface area contributed by atoms with Crippen molar-refractivity contribution in [3.63, 3.8) is 0 Å². The zero-order chi connectivity index (χ0) is 11.6. The van der Waals surface area contributed by atoms with Crippen molar-refractivity contribution >= 4 is 15.9 Å². The molecule has 7 heteroatoms. The van der Waals surface area contributed by atoms with Gasteiger partial charge in [-0.25, -0.2) is 0 Å². The number of benzene rings is 1. The van der Waals surface area contributed by atoms with E-state index in [9.17, 15) is 17.6 Å². The largest absolute Gasteiger partial charge is 0.504 e. The van der Waals surface area contributed by atoms with Crippen molar-refractivity contribution < 1.29 is 27.4 Å². The summed E-state index contributed by atoms with van der Waals surface area (Å²) in [7, 11) is 0. The van der Waals surface area contributed by atoms with E-state index in [4.69, 9.17) is 5.11 Å².